The van der Waals surface area contributed by atoms with Gasteiger partial charge in [-0.3, -0.25) is 0 Å². The zero-order valence-electron chi connectivity index (χ0n) is 17.3. The lowest BCUT2D eigenvalue weighted by atomic mass is 9.95. The van der Waals surface area contributed by atoms with Crippen molar-refractivity contribution in [2.24, 2.45) is 0 Å². The maximum atomic E-state index is 12.4. The summed E-state index contributed by atoms with van der Waals surface area (Å²) in [4.78, 5) is -0.637. The van der Waals surface area contributed by atoms with Crippen LogP contribution in [0.25, 0.3) is 6.08 Å². The molecule has 0 radical (unpaired) electrons. The highest BCUT2D eigenvalue weighted by atomic mass is 32.3. The predicted octanol–water partition coefficient (Wildman–Crippen LogP) is 4.23. The fourth-order valence-electron chi connectivity index (χ4n) is 3.27. The molecule has 0 aliphatic heterocycles. The van der Waals surface area contributed by atoms with Crippen LogP contribution in [-0.2, 0) is 20.0 Å². The molecule has 1 N–H and O–H groups in total. The van der Waals surface area contributed by atoms with Crippen molar-refractivity contribution in [1.29, 1.82) is 0 Å². The van der Waals surface area contributed by atoms with Crippen molar-refractivity contribution in [3.8, 4) is 11.5 Å². The Morgan fingerprint density at radius 1 is 0.818 bits per heavy atom. The fourth-order valence-corrected chi connectivity index (χ4v) is 5.69. The molecule has 3 rings (SSSR count). The van der Waals surface area contributed by atoms with Crippen molar-refractivity contribution in [3.05, 3.63) is 60.7 Å². The molecule has 180 valence electrons. The molecule has 0 spiro atoms. The third-order valence-electron chi connectivity index (χ3n) is 5.00. The molecule has 0 amide bonds. The lowest BCUT2D eigenvalue weighted by Gasteiger charge is -2.29. The molecule has 1 fully saturated rings. The van der Waals surface area contributed by atoms with Gasteiger partial charge < -0.3 is 9.47 Å². The van der Waals surface area contributed by atoms with Crippen LogP contribution in [0, 0.1) is 0 Å². The second kappa shape index (κ2) is 9.74. The highest BCUT2D eigenvalue weighted by molar-refractivity contribution is 8.05. The normalized spacial score (nSPS) is 19.6. The Balaban J connectivity index is 1.53. The molecule has 2 aromatic rings. The smallest absolute Gasteiger partial charge is 0.490 e. The summed E-state index contributed by atoms with van der Waals surface area (Å²) in [5.74, 6) is 1.08. The number of rotatable bonds is 8. The second-order valence-corrected chi connectivity index (χ2v) is 11.0. The van der Waals surface area contributed by atoms with E-state index in [4.69, 9.17) is 9.47 Å². The largest absolute Gasteiger partial charge is 0.512 e. The average molecular weight is 506 g/mol. The summed E-state index contributed by atoms with van der Waals surface area (Å²) in [5.41, 5.74) is -4.75. The Bertz CT molecular complexity index is 1170. The summed E-state index contributed by atoms with van der Waals surface area (Å²) < 4.78 is 95.9. The van der Waals surface area contributed by atoms with Crippen LogP contribution in [0.2, 0.25) is 0 Å². The molecular formula is C21H22F3NO6S2. The molecule has 1 aliphatic carbocycles. The lowest BCUT2D eigenvalue weighted by molar-refractivity contribution is -0.0441. The number of sulfonamides is 2. The Morgan fingerprint density at radius 2 is 1.24 bits per heavy atom. The third-order valence-corrected chi connectivity index (χ3v) is 8.26. The van der Waals surface area contributed by atoms with Gasteiger partial charge in [-0.15, -0.1) is 0 Å². The maximum Gasteiger partial charge on any atom is 0.512 e. The number of ether oxygens (including phenoxy) is 2. The van der Waals surface area contributed by atoms with Crippen molar-refractivity contribution in [2.45, 2.75) is 48.3 Å². The first-order valence-corrected chi connectivity index (χ1v) is 12.9. The molecule has 0 bridgehead atoms. The van der Waals surface area contributed by atoms with Gasteiger partial charge >= 0.3 is 15.5 Å². The molecule has 1 saturated carbocycles. The topological polar surface area (TPSA) is 98.8 Å². The number of halogens is 3. The van der Waals surface area contributed by atoms with Crippen molar-refractivity contribution in [1.82, 2.24) is 4.13 Å². The molecule has 0 saturated heterocycles. The molecular weight excluding hydrogens is 483 g/mol. The first-order valence-electron chi connectivity index (χ1n) is 9.90. The van der Waals surface area contributed by atoms with Gasteiger partial charge in [-0.1, -0.05) is 28.9 Å². The SMILES string of the molecule is C=Cc1ccc(OC2CCC(Oc3ccc(S(=O)(=O)NS(=O)(=O)C(F)(F)F)cc3)CC2)cc1. The number of alkyl halides is 3. The molecule has 12 heteroatoms. The summed E-state index contributed by atoms with van der Waals surface area (Å²) >= 11 is 0. The molecule has 7 nitrogen and oxygen atoms in total. The minimum atomic E-state index is -6.05. The van der Waals surface area contributed by atoms with E-state index in [1.807, 2.05) is 24.3 Å². The highest BCUT2D eigenvalue weighted by Gasteiger charge is 2.48. The Kier molecular flexibility index (Phi) is 7.39. The van der Waals surface area contributed by atoms with E-state index in [1.165, 1.54) is 12.1 Å². The summed E-state index contributed by atoms with van der Waals surface area (Å²) in [6.45, 7) is 3.71. The van der Waals surface area contributed by atoms with E-state index in [-0.39, 0.29) is 12.2 Å². The summed E-state index contributed by atoms with van der Waals surface area (Å²) in [6, 6.07) is 12.1. The summed E-state index contributed by atoms with van der Waals surface area (Å²) in [7, 11) is -11.0. The van der Waals surface area contributed by atoms with Crippen LogP contribution < -0.4 is 13.6 Å². The number of hydrogen-bond donors (Lipinski definition) is 1. The standard InChI is InChI=1S/C21H22F3NO6S2/c1-2-15-3-5-16(6-4-15)30-17-7-9-18(10-8-17)31-19-11-13-20(14-12-19)32(26,27)25-33(28,29)21(22,23)24/h2-6,11-14,17-18,25H,1,7-10H2. The molecule has 1 aliphatic rings. The average Bonchev–Trinajstić information content (AvgIpc) is 2.74. The van der Waals surface area contributed by atoms with Gasteiger partial charge in [0.05, 0.1) is 17.1 Å². The van der Waals surface area contributed by atoms with Gasteiger partial charge in [-0.2, -0.15) is 13.2 Å². The fraction of sp³-hybridized carbons (Fsp3) is 0.333. The van der Waals surface area contributed by atoms with Crippen molar-refractivity contribution in [2.75, 3.05) is 0 Å². The van der Waals surface area contributed by atoms with Crippen molar-refractivity contribution >= 4 is 26.1 Å². The number of nitrogens with one attached hydrogen (secondary N) is 1. The predicted molar refractivity (Wildman–Crippen MR) is 116 cm³/mol. The van der Waals surface area contributed by atoms with Gasteiger partial charge in [-0.25, -0.2) is 16.8 Å². The minimum Gasteiger partial charge on any atom is -0.490 e. The molecule has 0 unspecified atom stereocenters. The minimum absolute atomic E-state index is 0.0357. The van der Waals surface area contributed by atoms with Crippen LogP contribution in [0.5, 0.6) is 11.5 Å². The number of benzene rings is 2. The van der Waals surface area contributed by atoms with Crippen LogP contribution in [0.4, 0.5) is 13.2 Å². The van der Waals surface area contributed by atoms with E-state index in [9.17, 15) is 30.0 Å². The summed E-state index contributed by atoms with van der Waals surface area (Å²) in [6.07, 6.45) is 4.53. The van der Waals surface area contributed by atoms with E-state index in [1.54, 1.807) is 6.08 Å². The summed E-state index contributed by atoms with van der Waals surface area (Å²) in [5, 5.41) is 0. The van der Waals surface area contributed by atoms with Gasteiger partial charge in [0.25, 0.3) is 10.0 Å². The molecule has 0 aromatic heterocycles. The zero-order valence-corrected chi connectivity index (χ0v) is 18.9. The van der Waals surface area contributed by atoms with E-state index < -0.39 is 30.5 Å². The van der Waals surface area contributed by atoms with Crippen molar-refractivity contribution in [3.63, 3.8) is 0 Å². The Hall–Kier alpha value is -2.57. The molecule has 0 heterocycles. The first-order chi connectivity index (χ1) is 15.4. The van der Waals surface area contributed by atoms with Gasteiger partial charge in [0.15, 0.2) is 0 Å². The molecule has 2 aromatic carbocycles. The van der Waals surface area contributed by atoms with Crippen LogP contribution >= 0.6 is 0 Å². The van der Waals surface area contributed by atoms with Crippen LogP contribution in [0.1, 0.15) is 31.2 Å². The zero-order chi connectivity index (χ0) is 24.3. The second-order valence-electron chi connectivity index (χ2n) is 7.41. The van der Waals surface area contributed by atoms with Gasteiger partial charge in [-0.05, 0) is 67.6 Å². The third kappa shape index (κ3) is 6.49. The lowest BCUT2D eigenvalue weighted by Crippen LogP contribution is -2.40. The van der Waals surface area contributed by atoms with Gasteiger partial charge in [0.2, 0.25) is 0 Å². The Labute approximate surface area is 190 Å². The molecule has 33 heavy (non-hydrogen) atoms. The van der Waals surface area contributed by atoms with Crippen molar-refractivity contribution < 1.29 is 39.5 Å². The van der Waals surface area contributed by atoms with E-state index in [0.717, 1.165) is 36.3 Å². The first kappa shape index (κ1) is 25.1. The van der Waals surface area contributed by atoms with Gasteiger partial charge in [0.1, 0.15) is 11.5 Å². The van der Waals surface area contributed by atoms with E-state index in [2.05, 4.69) is 6.58 Å². The van der Waals surface area contributed by atoms with Crippen LogP contribution in [-0.4, -0.2) is 34.6 Å². The number of hydrogen-bond acceptors (Lipinski definition) is 6. The molecule has 0 atom stereocenters. The van der Waals surface area contributed by atoms with Crippen LogP contribution in [0.15, 0.2) is 60.0 Å². The van der Waals surface area contributed by atoms with Gasteiger partial charge in [0, 0.05) is 0 Å². The maximum absolute atomic E-state index is 12.4. The highest BCUT2D eigenvalue weighted by Crippen LogP contribution is 2.28. The monoisotopic (exact) mass is 505 g/mol. The van der Waals surface area contributed by atoms with E-state index in [0.29, 0.717) is 22.7 Å². The Morgan fingerprint density at radius 3 is 1.64 bits per heavy atom. The van der Waals surface area contributed by atoms with Crippen LogP contribution in [0.3, 0.4) is 0 Å². The quantitative estimate of drug-likeness (QED) is 0.577. The van der Waals surface area contributed by atoms with E-state index >= 15 is 0 Å².